The zero-order valence-electron chi connectivity index (χ0n) is 7.11. The van der Waals surface area contributed by atoms with Gasteiger partial charge in [0.15, 0.2) is 0 Å². The van der Waals surface area contributed by atoms with Gasteiger partial charge in [-0.3, -0.25) is 4.79 Å². The number of primary amides is 1. The van der Waals surface area contributed by atoms with Crippen molar-refractivity contribution in [3.05, 3.63) is 0 Å². The number of carbonyl (C=O) groups excluding carboxylic acids is 1. The van der Waals surface area contributed by atoms with Crippen molar-refractivity contribution in [2.75, 3.05) is 0 Å². The van der Waals surface area contributed by atoms with Crippen LogP contribution in [0.2, 0.25) is 0 Å². The van der Waals surface area contributed by atoms with E-state index in [1.807, 2.05) is 0 Å². The van der Waals surface area contributed by atoms with Gasteiger partial charge >= 0.3 is 0 Å². The first-order chi connectivity index (χ1) is 5.56. The van der Waals surface area contributed by atoms with E-state index in [0.29, 0.717) is 3.42 Å². The second kappa shape index (κ2) is 2.59. The summed E-state index contributed by atoms with van der Waals surface area (Å²) in [7, 11) is 0. The Morgan fingerprint density at radius 3 is 1.83 bits per heavy atom. The monoisotopic (exact) mass is 279 g/mol. The molecule has 68 valence electrons. The molecule has 0 aromatic carbocycles. The average molecular weight is 279 g/mol. The Bertz CT molecular complexity index is 202. The van der Waals surface area contributed by atoms with Crippen molar-refractivity contribution in [2.24, 2.45) is 11.1 Å². The molecule has 3 aliphatic carbocycles. The molecule has 0 heterocycles. The molecule has 2 nitrogen and oxygen atoms in total. The Hall–Kier alpha value is 0.200. The number of nitrogens with two attached hydrogens (primary N) is 1. The van der Waals surface area contributed by atoms with E-state index in [9.17, 15) is 4.79 Å². The molecule has 2 N–H and O–H groups in total. The number of halogens is 1. The zero-order valence-corrected chi connectivity index (χ0v) is 9.26. The molecule has 2 bridgehead atoms. The van der Waals surface area contributed by atoms with Crippen molar-refractivity contribution in [3.8, 4) is 0 Å². The molecule has 3 rings (SSSR count). The molecule has 1 amide bonds. The van der Waals surface area contributed by atoms with E-state index in [1.54, 1.807) is 0 Å². The largest absolute Gasteiger partial charge is 0.369 e. The van der Waals surface area contributed by atoms with Crippen molar-refractivity contribution in [3.63, 3.8) is 0 Å². The maximum absolute atomic E-state index is 11.3. The van der Waals surface area contributed by atoms with Gasteiger partial charge in [-0.25, -0.2) is 0 Å². The Morgan fingerprint density at radius 2 is 1.50 bits per heavy atom. The highest BCUT2D eigenvalue weighted by atomic mass is 127. The highest BCUT2D eigenvalue weighted by Crippen LogP contribution is 2.55. The Labute approximate surface area is 86.4 Å². The maximum atomic E-state index is 11.3. The third kappa shape index (κ3) is 1.17. The normalized spacial score (nSPS) is 46.1. The highest BCUT2D eigenvalue weighted by molar-refractivity contribution is 14.1. The molecule has 12 heavy (non-hydrogen) atoms. The summed E-state index contributed by atoms with van der Waals surface area (Å²) in [5, 5.41) is 0. The van der Waals surface area contributed by atoms with Crippen LogP contribution in [0.15, 0.2) is 0 Å². The lowest BCUT2D eigenvalue weighted by Gasteiger charge is -2.49. The summed E-state index contributed by atoms with van der Waals surface area (Å²) in [6.45, 7) is 0. The molecule has 0 radical (unpaired) electrons. The van der Waals surface area contributed by atoms with E-state index in [4.69, 9.17) is 5.73 Å². The number of rotatable bonds is 1. The van der Waals surface area contributed by atoms with Gasteiger partial charge in [0, 0.05) is 8.84 Å². The number of amides is 1. The van der Waals surface area contributed by atoms with Crippen LogP contribution >= 0.6 is 22.6 Å². The third-order valence-electron chi connectivity index (χ3n) is 3.68. The number of carbonyl (C=O) groups is 1. The molecule has 0 spiro atoms. The van der Waals surface area contributed by atoms with Crippen LogP contribution in [0.4, 0.5) is 0 Å². The molecule has 0 saturated heterocycles. The smallest absolute Gasteiger partial charge is 0.223 e. The van der Waals surface area contributed by atoms with Gasteiger partial charge in [-0.1, -0.05) is 22.6 Å². The standard InChI is InChI=1S/C9H14INO/c10-9-4-1-8(2-5-9,3-6-9)7(11)12/h1-6H2,(H2,11,12). The van der Waals surface area contributed by atoms with Crippen LogP contribution < -0.4 is 5.73 Å². The third-order valence-corrected chi connectivity index (χ3v) is 5.30. The van der Waals surface area contributed by atoms with Crippen molar-refractivity contribution in [1.29, 1.82) is 0 Å². The van der Waals surface area contributed by atoms with Crippen LogP contribution in [0.3, 0.4) is 0 Å². The molecule has 0 aliphatic heterocycles. The summed E-state index contributed by atoms with van der Waals surface area (Å²) in [5.74, 6) is -0.0550. The number of fused-ring (bicyclic) bond motifs is 3. The molecule has 3 saturated carbocycles. The van der Waals surface area contributed by atoms with E-state index < -0.39 is 0 Å². The van der Waals surface area contributed by atoms with Gasteiger partial charge in [0.1, 0.15) is 0 Å². The zero-order chi connectivity index (χ0) is 8.82. The van der Waals surface area contributed by atoms with Gasteiger partial charge in [0.05, 0.1) is 0 Å². The second-order valence-corrected chi connectivity index (χ2v) is 6.58. The summed E-state index contributed by atoms with van der Waals surface area (Å²) >= 11 is 2.57. The van der Waals surface area contributed by atoms with Crippen LogP contribution in [0.25, 0.3) is 0 Å². The van der Waals surface area contributed by atoms with Gasteiger partial charge in [0.2, 0.25) is 5.91 Å². The fraction of sp³-hybridized carbons (Fsp3) is 0.889. The Balaban J connectivity index is 2.20. The van der Waals surface area contributed by atoms with Crippen LogP contribution in [0.1, 0.15) is 38.5 Å². The van der Waals surface area contributed by atoms with E-state index >= 15 is 0 Å². The molecular formula is C9H14INO. The van der Waals surface area contributed by atoms with Crippen molar-refractivity contribution in [2.45, 2.75) is 41.9 Å². The first-order valence-electron chi connectivity index (χ1n) is 4.55. The predicted octanol–water partition coefficient (Wildman–Crippen LogP) is 2.00. The predicted molar refractivity (Wildman–Crippen MR) is 56.1 cm³/mol. The molecule has 3 heteroatoms. The van der Waals surface area contributed by atoms with E-state index in [-0.39, 0.29) is 11.3 Å². The van der Waals surface area contributed by atoms with Gasteiger partial charge in [-0.05, 0) is 38.5 Å². The molecule has 0 aromatic rings. The van der Waals surface area contributed by atoms with E-state index in [1.165, 1.54) is 19.3 Å². The molecule has 0 unspecified atom stereocenters. The van der Waals surface area contributed by atoms with Crippen LogP contribution in [-0.4, -0.2) is 9.33 Å². The minimum atomic E-state index is -0.104. The first-order valence-corrected chi connectivity index (χ1v) is 5.63. The molecule has 0 atom stereocenters. The Morgan fingerprint density at radius 1 is 1.08 bits per heavy atom. The lowest BCUT2D eigenvalue weighted by atomic mass is 9.60. The van der Waals surface area contributed by atoms with Gasteiger partial charge in [0.25, 0.3) is 0 Å². The van der Waals surface area contributed by atoms with Crippen LogP contribution in [-0.2, 0) is 4.79 Å². The van der Waals surface area contributed by atoms with Crippen LogP contribution in [0.5, 0.6) is 0 Å². The van der Waals surface area contributed by atoms with E-state index in [0.717, 1.165) is 19.3 Å². The summed E-state index contributed by atoms with van der Waals surface area (Å²) in [6, 6.07) is 0. The van der Waals surface area contributed by atoms with Gasteiger partial charge in [-0.2, -0.15) is 0 Å². The topological polar surface area (TPSA) is 43.1 Å². The molecule has 3 aliphatic rings. The number of alkyl halides is 1. The van der Waals surface area contributed by atoms with Crippen molar-refractivity contribution in [1.82, 2.24) is 0 Å². The average Bonchev–Trinajstić information content (AvgIpc) is 2.06. The minimum Gasteiger partial charge on any atom is -0.369 e. The van der Waals surface area contributed by atoms with Crippen LogP contribution in [0, 0.1) is 5.41 Å². The molecule has 0 aromatic heterocycles. The van der Waals surface area contributed by atoms with Crippen molar-refractivity contribution >= 4 is 28.5 Å². The summed E-state index contributed by atoms with van der Waals surface area (Å²) in [5.41, 5.74) is 5.33. The maximum Gasteiger partial charge on any atom is 0.223 e. The molecule has 3 fully saturated rings. The van der Waals surface area contributed by atoms with Gasteiger partial charge in [-0.15, -0.1) is 0 Å². The summed E-state index contributed by atoms with van der Waals surface area (Å²) in [4.78, 5) is 11.3. The van der Waals surface area contributed by atoms with E-state index in [2.05, 4.69) is 22.6 Å². The summed E-state index contributed by atoms with van der Waals surface area (Å²) < 4.78 is 0.509. The molecular weight excluding hydrogens is 265 g/mol. The fourth-order valence-electron chi connectivity index (χ4n) is 2.51. The lowest BCUT2D eigenvalue weighted by molar-refractivity contribution is -0.132. The number of hydrogen-bond acceptors (Lipinski definition) is 1. The minimum absolute atomic E-state index is 0.0550. The quantitative estimate of drug-likeness (QED) is 0.579. The second-order valence-electron chi connectivity index (χ2n) is 4.30. The lowest BCUT2D eigenvalue weighted by Crippen LogP contribution is -2.49. The van der Waals surface area contributed by atoms with Crippen molar-refractivity contribution < 1.29 is 4.79 Å². The van der Waals surface area contributed by atoms with Gasteiger partial charge < -0.3 is 5.73 Å². The first kappa shape index (κ1) is 8.78. The fourth-order valence-corrected chi connectivity index (χ4v) is 3.32. The SMILES string of the molecule is NC(=O)C12CCC(I)(CC1)CC2. The highest BCUT2D eigenvalue weighted by Gasteiger charge is 2.50. The summed E-state index contributed by atoms with van der Waals surface area (Å²) in [6.07, 6.45) is 6.67. The Kier molecular flexibility index (Phi) is 1.90. The number of hydrogen-bond donors (Lipinski definition) is 1.